The second-order valence-corrected chi connectivity index (χ2v) is 5.14. The van der Waals surface area contributed by atoms with Crippen LogP contribution in [0.3, 0.4) is 0 Å². The number of pyridine rings is 2. The average Bonchev–Trinajstić information content (AvgIpc) is 3.18. The number of aliphatic hydroxyl groups is 1. The molecule has 0 saturated heterocycles. The molecular formula is C21H31N6NaO2. The zero-order valence-electron chi connectivity index (χ0n) is 18.4. The summed E-state index contributed by atoms with van der Waals surface area (Å²) in [6, 6.07) is 9.50. The normalized spacial score (nSPS) is 10.3. The molecule has 0 bridgehead atoms. The molecule has 2 aromatic rings. The van der Waals surface area contributed by atoms with Crippen molar-refractivity contribution in [2.45, 2.75) is 27.2 Å². The number of aliphatic hydroxyl groups excluding tert-OH is 1. The van der Waals surface area contributed by atoms with Gasteiger partial charge in [0.05, 0.1) is 18.0 Å². The van der Waals surface area contributed by atoms with Gasteiger partial charge >= 0.3 is 29.6 Å². The van der Waals surface area contributed by atoms with Crippen molar-refractivity contribution in [3.8, 4) is 6.07 Å². The first-order valence-corrected chi connectivity index (χ1v) is 9.07. The Bertz CT molecular complexity index is 692. The predicted molar refractivity (Wildman–Crippen MR) is 116 cm³/mol. The third kappa shape index (κ3) is 20.5. The van der Waals surface area contributed by atoms with Crippen molar-refractivity contribution >= 4 is 11.5 Å². The van der Waals surface area contributed by atoms with Gasteiger partial charge in [0.1, 0.15) is 5.84 Å². The van der Waals surface area contributed by atoms with Crippen molar-refractivity contribution in [2.24, 2.45) is 10.8 Å². The van der Waals surface area contributed by atoms with Crippen molar-refractivity contribution in [1.82, 2.24) is 9.97 Å². The molecular weight excluding hydrogens is 391 g/mol. The molecule has 0 aromatic carbocycles. The molecule has 3 N–H and O–H groups in total. The number of nitrogens with two attached hydrogens (primary N) is 1. The van der Waals surface area contributed by atoms with Crippen molar-refractivity contribution in [2.75, 3.05) is 24.8 Å². The van der Waals surface area contributed by atoms with Gasteiger partial charge in [-0.15, -0.1) is 6.61 Å². The Morgan fingerprint density at radius 1 is 1.27 bits per heavy atom. The Kier molecular flexibility index (Phi) is 26.7. The van der Waals surface area contributed by atoms with Crippen molar-refractivity contribution in [3.05, 3.63) is 67.3 Å². The summed E-state index contributed by atoms with van der Waals surface area (Å²) in [5, 5.41) is 30.0. The number of rotatable bonds is 1. The summed E-state index contributed by atoms with van der Waals surface area (Å²) >= 11 is 0. The average molecular weight is 423 g/mol. The van der Waals surface area contributed by atoms with Crippen LogP contribution in [0, 0.1) is 18.3 Å². The first-order chi connectivity index (χ1) is 14.0. The number of hydrogen-bond donors (Lipinski definition) is 2. The standard InChI is InChI=1S/C8H10N4.C6H7N.C3H3N.C2H6O.C2H5O.Na/c9-8-3-5-12(11-8)7-2-1-4-10-6-7;1-6-3-2-4-7-5-6;1-2-3-4;2*1-2-3;/h1-2,4,6H,3,5H2,(H2,9,11);2-5H,1H3;2H,1H2;3H,2H2,1H3;2H2,1H3;/q;;;;-1;+1. The van der Waals surface area contributed by atoms with E-state index >= 15 is 0 Å². The molecule has 0 amide bonds. The van der Waals surface area contributed by atoms with Crippen molar-refractivity contribution < 1.29 is 39.8 Å². The van der Waals surface area contributed by atoms with Crippen LogP contribution in [-0.2, 0) is 0 Å². The number of hydrazone groups is 1. The largest absolute Gasteiger partial charge is 1.00 e. The topological polar surface area (TPSA) is 134 Å². The molecule has 3 rings (SSSR count). The van der Waals surface area contributed by atoms with Gasteiger partial charge in [0.15, 0.2) is 0 Å². The zero-order valence-corrected chi connectivity index (χ0v) is 20.4. The molecule has 0 saturated carbocycles. The maximum Gasteiger partial charge on any atom is 1.00 e. The van der Waals surface area contributed by atoms with Crippen LogP contribution in [0.2, 0.25) is 0 Å². The molecule has 8 nitrogen and oxygen atoms in total. The minimum Gasteiger partial charge on any atom is -0.855 e. The molecule has 3 heterocycles. The van der Waals surface area contributed by atoms with Crippen LogP contribution in [0.25, 0.3) is 0 Å². The summed E-state index contributed by atoms with van der Waals surface area (Å²) in [6.45, 7) is 9.50. The van der Waals surface area contributed by atoms with Crippen LogP contribution in [0.15, 0.2) is 66.8 Å². The minimum absolute atomic E-state index is 0. The van der Waals surface area contributed by atoms with Crippen LogP contribution >= 0.6 is 0 Å². The number of amidine groups is 1. The Morgan fingerprint density at radius 2 is 1.77 bits per heavy atom. The van der Waals surface area contributed by atoms with Crippen LogP contribution < -0.4 is 45.4 Å². The number of anilines is 1. The number of nitriles is 1. The summed E-state index contributed by atoms with van der Waals surface area (Å²) in [4.78, 5) is 7.89. The van der Waals surface area contributed by atoms with Gasteiger partial charge < -0.3 is 15.9 Å². The molecule has 9 heteroatoms. The van der Waals surface area contributed by atoms with Gasteiger partial charge in [-0.2, -0.15) is 10.4 Å². The van der Waals surface area contributed by atoms with E-state index in [1.165, 1.54) is 11.6 Å². The Balaban J connectivity index is -0.000000348. The summed E-state index contributed by atoms with van der Waals surface area (Å²) < 4.78 is 0. The molecule has 30 heavy (non-hydrogen) atoms. The van der Waals surface area contributed by atoms with Crippen LogP contribution in [-0.4, -0.2) is 40.7 Å². The number of aryl methyl sites for hydroxylation is 1. The van der Waals surface area contributed by atoms with Crippen LogP contribution in [0.4, 0.5) is 5.69 Å². The molecule has 1 aliphatic rings. The fourth-order valence-corrected chi connectivity index (χ4v) is 1.62. The van der Waals surface area contributed by atoms with E-state index in [-0.39, 0.29) is 42.8 Å². The van der Waals surface area contributed by atoms with E-state index < -0.39 is 0 Å². The van der Waals surface area contributed by atoms with E-state index in [4.69, 9.17) is 21.2 Å². The van der Waals surface area contributed by atoms with E-state index in [0.29, 0.717) is 5.84 Å². The van der Waals surface area contributed by atoms with Gasteiger partial charge in [0.2, 0.25) is 0 Å². The Labute approximate surface area is 202 Å². The molecule has 0 aliphatic carbocycles. The predicted octanol–water partition coefficient (Wildman–Crippen LogP) is -0.981. The van der Waals surface area contributed by atoms with Gasteiger partial charge in [0.25, 0.3) is 0 Å². The number of nitrogens with zero attached hydrogens (tertiary/aromatic N) is 5. The summed E-state index contributed by atoms with van der Waals surface area (Å²) in [5.41, 5.74) is 7.76. The van der Waals surface area contributed by atoms with E-state index in [1.807, 2.05) is 42.4 Å². The third-order valence-corrected chi connectivity index (χ3v) is 2.67. The smallest absolute Gasteiger partial charge is 0.855 e. The van der Waals surface area contributed by atoms with Gasteiger partial charge in [0, 0.05) is 44.2 Å². The molecule has 1 aliphatic heterocycles. The second kappa shape index (κ2) is 24.8. The van der Waals surface area contributed by atoms with E-state index in [2.05, 4.69) is 21.6 Å². The first-order valence-electron chi connectivity index (χ1n) is 9.07. The van der Waals surface area contributed by atoms with Gasteiger partial charge in [-0.3, -0.25) is 15.0 Å². The SMILES string of the molecule is C=CC#N.CCO.CC[O-].Cc1cccnc1.NC1=NN(c2cccnc2)CC1.[Na+]. The van der Waals surface area contributed by atoms with E-state index in [9.17, 15) is 0 Å². The summed E-state index contributed by atoms with van der Waals surface area (Å²) in [6.07, 6.45) is 9.15. The fraction of sp³-hybridized carbons (Fsp3) is 0.333. The van der Waals surface area contributed by atoms with Gasteiger partial charge in [-0.1, -0.05) is 19.6 Å². The number of allylic oxidation sites excluding steroid dienone is 1. The number of aromatic nitrogens is 2. The van der Waals surface area contributed by atoms with Gasteiger partial charge in [-0.05, 0) is 37.6 Å². The Morgan fingerprint density at radius 3 is 2.03 bits per heavy atom. The van der Waals surface area contributed by atoms with Gasteiger partial charge in [-0.25, -0.2) is 0 Å². The van der Waals surface area contributed by atoms with Crippen molar-refractivity contribution in [1.29, 1.82) is 5.26 Å². The quantitative estimate of drug-likeness (QED) is 0.445. The first kappa shape index (κ1) is 32.4. The molecule has 0 unspecified atom stereocenters. The molecule has 0 radical (unpaired) electrons. The zero-order chi connectivity index (χ0) is 22.3. The third-order valence-electron chi connectivity index (χ3n) is 2.67. The minimum atomic E-state index is 0. The van der Waals surface area contributed by atoms with Crippen LogP contribution in [0.5, 0.6) is 0 Å². The molecule has 158 valence electrons. The molecule has 0 atom stereocenters. The maximum absolute atomic E-state index is 8.93. The van der Waals surface area contributed by atoms with E-state index in [1.54, 1.807) is 38.5 Å². The molecule has 0 spiro atoms. The maximum atomic E-state index is 8.93. The van der Waals surface area contributed by atoms with Crippen LogP contribution in [0.1, 0.15) is 25.8 Å². The number of hydrogen-bond acceptors (Lipinski definition) is 8. The molecule has 2 aromatic heterocycles. The van der Waals surface area contributed by atoms with Crippen molar-refractivity contribution in [3.63, 3.8) is 0 Å². The van der Waals surface area contributed by atoms with E-state index in [0.717, 1.165) is 18.7 Å². The monoisotopic (exact) mass is 422 g/mol. The summed E-state index contributed by atoms with van der Waals surface area (Å²) in [5.74, 6) is 0.693. The Hall–Kier alpha value is -2.28. The summed E-state index contributed by atoms with van der Waals surface area (Å²) in [7, 11) is 0. The molecule has 0 fully saturated rings. The fourth-order valence-electron chi connectivity index (χ4n) is 1.62. The second-order valence-electron chi connectivity index (χ2n) is 5.14.